The van der Waals surface area contributed by atoms with E-state index in [9.17, 15) is 17.6 Å². The molecule has 30 heavy (non-hydrogen) atoms. The molecule has 11 heteroatoms. The first kappa shape index (κ1) is 20.5. The van der Waals surface area contributed by atoms with Gasteiger partial charge >= 0.3 is 5.69 Å². The average molecular weight is 434 g/mol. The summed E-state index contributed by atoms with van der Waals surface area (Å²) in [6, 6.07) is 6.04. The second-order valence-electron chi connectivity index (χ2n) is 7.52. The summed E-state index contributed by atoms with van der Waals surface area (Å²) in [7, 11) is -1.88. The molecule has 0 radical (unpaired) electrons. The Morgan fingerprint density at radius 2 is 1.93 bits per heavy atom. The zero-order chi connectivity index (χ0) is 21.5. The van der Waals surface area contributed by atoms with E-state index in [2.05, 4.69) is 15.2 Å². The minimum atomic E-state index is -3.64. The van der Waals surface area contributed by atoms with Crippen molar-refractivity contribution in [1.29, 1.82) is 0 Å². The van der Waals surface area contributed by atoms with E-state index >= 15 is 0 Å². The van der Waals surface area contributed by atoms with Crippen LogP contribution in [0.3, 0.4) is 0 Å². The van der Waals surface area contributed by atoms with Crippen LogP contribution in [-0.4, -0.2) is 50.1 Å². The summed E-state index contributed by atoms with van der Waals surface area (Å²) in [6.07, 6.45) is 3.20. The number of aromatic amines is 1. The van der Waals surface area contributed by atoms with E-state index in [1.54, 1.807) is 30.7 Å². The Balaban J connectivity index is 1.48. The number of nitrogens with zero attached hydrogens (tertiary/aromatic N) is 5. The van der Waals surface area contributed by atoms with Crippen molar-refractivity contribution in [2.24, 2.45) is 13.0 Å². The quantitative estimate of drug-likeness (QED) is 0.653. The number of piperidine rings is 1. The van der Waals surface area contributed by atoms with Crippen LogP contribution in [0.1, 0.15) is 24.5 Å². The van der Waals surface area contributed by atoms with Crippen molar-refractivity contribution in [3.05, 3.63) is 58.4 Å². The molecule has 3 heterocycles. The maximum absolute atomic E-state index is 14.2. The molecule has 0 amide bonds. The van der Waals surface area contributed by atoms with Gasteiger partial charge in [-0.15, -0.1) is 0 Å². The van der Waals surface area contributed by atoms with E-state index < -0.39 is 21.5 Å². The number of sulfonamides is 1. The number of H-pyrrole nitrogens is 1. The maximum Gasteiger partial charge on any atom is 0.348 e. The zero-order valence-corrected chi connectivity index (χ0v) is 17.6. The highest BCUT2D eigenvalue weighted by Crippen LogP contribution is 2.26. The van der Waals surface area contributed by atoms with Crippen LogP contribution in [0.25, 0.3) is 5.69 Å². The standard InChI is InChI=1S/C19H23FN6O3S/c1-13-21-18(12-24(13)2)30(28,29)25-9-7-14(8-10-25)11-17-22-23-19(27)26(17)16-6-4-3-5-15(16)20/h3-6,12,14H,7-11H2,1-2H3,(H,23,27). The summed E-state index contributed by atoms with van der Waals surface area (Å²) in [5.41, 5.74) is -0.350. The first-order valence-corrected chi connectivity index (χ1v) is 11.1. The van der Waals surface area contributed by atoms with Gasteiger partial charge in [-0.3, -0.25) is 0 Å². The van der Waals surface area contributed by atoms with Gasteiger partial charge in [0, 0.05) is 32.8 Å². The van der Waals surface area contributed by atoms with Gasteiger partial charge in [-0.05, 0) is 37.8 Å². The lowest BCUT2D eigenvalue weighted by Gasteiger charge is -2.30. The predicted molar refractivity (Wildman–Crippen MR) is 107 cm³/mol. The van der Waals surface area contributed by atoms with Gasteiger partial charge in [0.1, 0.15) is 17.5 Å². The molecule has 1 aliphatic rings. The number of benzene rings is 1. The van der Waals surface area contributed by atoms with Crippen molar-refractivity contribution >= 4 is 10.0 Å². The van der Waals surface area contributed by atoms with Crippen LogP contribution in [0, 0.1) is 18.7 Å². The fourth-order valence-electron chi connectivity index (χ4n) is 3.74. The topological polar surface area (TPSA) is 106 Å². The minimum Gasteiger partial charge on any atom is -0.337 e. The summed E-state index contributed by atoms with van der Waals surface area (Å²) >= 11 is 0. The maximum atomic E-state index is 14.2. The summed E-state index contributed by atoms with van der Waals surface area (Å²) in [6.45, 7) is 2.47. The highest BCUT2D eigenvalue weighted by molar-refractivity contribution is 7.89. The van der Waals surface area contributed by atoms with Gasteiger partial charge in [0.2, 0.25) is 0 Å². The number of imidazole rings is 1. The van der Waals surface area contributed by atoms with E-state index in [-0.39, 0.29) is 16.6 Å². The van der Waals surface area contributed by atoms with Crippen molar-refractivity contribution in [3.63, 3.8) is 0 Å². The van der Waals surface area contributed by atoms with E-state index in [4.69, 9.17) is 0 Å². The van der Waals surface area contributed by atoms with Gasteiger partial charge in [0.15, 0.2) is 5.03 Å². The Morgan fingerprint density at radius 3 is 2.57 bits per heavy atom. The van der Waals surface area contributed by atoms with E-state index in [1.165, 1.54) is 27.2 Å². The van der Waals surface area contributed by atoms with Gasteiger partial charge in [-0.1, -0.05) is 12.1 Å². The number of hydrogen-bond donors (Lipinski definition) is 1. The van der Waals surface area contributed by atoms with Crippen molar-refractivity contribution in [2.45, 2.75) is 31.2 Å². The van der Waals surface area contributed by atoms with Crippen LogP contribution in [-0.2, 0) is 23.5 Å². The molecule has 9 nitrogen and oxygen atoms in total. The van der Waals surface area contributed by atoms with E-state index in [1.807, 2.05) is 0 Å². The molecule has 2 aromatic heterocycles. The molecule has 3 aromatic rings. The zero-order valence-electron chi connectivity index (χ0n) is 16.7. The lowest BCUT2D eigenvalue weighted by molar-refractivity contribution is 0.269. The van der Waals surface area contributed by atoms with Crippen LogP contribution in [0.2, 0.25) is 0 Å². The van der Waals surface area contributed by atoms with Crippen LogP contribution >= 0.6 is 0 Å². The number of hydrogen-bond acceptors (Lipinski definition) is 5. The number of nitrogens with one attached hydrogen (secondary N) is 1. The smallest absolute Gasteiger partial charge is 0.337 e. The molecule has 1 aliphatic heterocycles. The van der Waals surface area contributed by atoms with E-state index in [0.717, 1.165) is 0 Å². The third-order valence-corrected chi connectivity index (χ3v) is 7.34. The van der Waals surface area contributed by atoms with Gasteiger partial charge < -0.3 is 4.57 Å². The Labute approximate surface area is 173 Å². The molecule has 0 atom stereocenters. The molecule has 1 N–H and O–H groups in total. The fraction of sp³-hybridized carbons (Fsp3) is 0.421. The normalized spacial score (nSPS) is 16.2. The largest absolute Gasteiger partial charge is 0.348 e. The summed E-state index contributed by atoms with van der Waals surface area (Å²) in [5.74, 6) is 0.691. The van der Waals surface area contributed by atoms with Crippen molar-refractivity contribution in [3.8, 4) is 5.69 Å². The summed E-state index contributed by atoms with van der Waals surface area (Å²) in [5, 5.41) is 6.51. The number of halogens is 1. The molecule has 4 rings (SSSR count). The molecule has 1 aromatic carbocycles. The molecule has 0 spiro atoms. The van der Waals surface area contributed by atoms with Crippen LogP contribution in [0.4, 0.5) is 4.39 Å². The minimum absolute atomic E-state index is 0.0571. The number of aromatic nitrogens is 5. The van der Waals surface area contributed by atoms with Crippen molar-refractivity contribution in [2.75, 3.05) is 13.1 Å². The first-order valence-electron chi connectivity index (χ1n) is 9.68. The SMILES string of the molecule is Cc1nc(S(=O)(=O)N2CCC(Cc3n[nH]c(=O)n3-c3ccccc3F)CC2)cn1C. The number of aryl methyl sites for hydroxylation is 2. The first-order chi connectivity index (χ1) is 14.3. The van der Waals surface area contributed by atoms with Gasteiger partial charge in [0.05, 0.1) is 5.69 Å². The van der Waals surface area contributed by atoms with Crippen LogP contribution in [0.5, 0.6) is 0 Å². The Hall–Kier alpha value is -2.79. The van der Waals surface area contributed by atoms with Gasteiger partial charge in [-0.2, -0.15) is 9.40 Å². The third kappa shape index (κ3) is 3.70. The summed E-state index contributed by atoms with van der Waals surface area (Å²) in [4.78, 5) is 16.3. The Kier molecular flexibility index (Phi) is 5.33. The fourth-order valence-corrected chi connectivity index (χ4v) is 5.24. The summed E-state index contributed by atoms with van der Waals surface area (Å²) < 4.78 is 44.2. The molecule has 0 aliphatic carbocycles. The van der Waals surface area contributed by atoms with Crippen LogP contribution in [0.15, 0.2) is 40.3 Å². The predicted octanol–water partition coefficient (Wildman–Crippen LogP) is 1.39. The van der Waals surface area contributed by atoms with E-state index in [0.29, 0.717) is 44.0 Å². The molecule has 1 fully saturated rings. The Bertz CT molecular complexity index is 1200. The highest BCUT2D eigenvalue weighted by atomic mass is 32.2. The molecule has 0 bridgehead atoms. The lowest BCUT2D eigenvalue weighted by atomic mass is 9.94. The van der Waals surface area contributed by atoms with Gasteiger partial charge in [-0.25, -0.2) is 32.3 Å². The number of para-hydroxylation sites is 1. The number of rotatable bonds is 5. The van der Waals surface area contributed by atoms with Gasteiger partial charge in [0.25, 0.3) is 10.0 Å². The molecule has 0 unspecified atom stereocenters. The van der Waals surface area contributed by atoms with Crippen molar-refractivity contribution in [1.82, 2.24) is 28.6 Å². The molecular weight excluding hydrogens is 411 g/mol. The molecule has 0 saturated carbocycles. The lowest BCUT2D eigenvalue weighted by Crippen LogP contribution is -2.39. The second-order valence-corrected chi connectivity index (χ2v) is 9.41. The van der Waals surface area contributed by atoms with Crippen LogP contribution < -0.4 is 5.69 Å². The third-order valence-electron chi connectivity index (χ3n) is 5.57. The second kappa shape index (κ2) is 7.80. The molecular formula is C19H23FN6O3S. The average Bonchev–Trinajstić information content (AvgIpc) is 3.25. The van der Waals surface area contributed by atoms with Crippen molar-refractivity contribution < 1.29 is 12.8 Å². The molecule has 1 saturated heterocycles. The highest BCUT2D eigenvalue weighted by Gasteiger charge is 2.32. The molecule has 160 valence electrons. The Morgan fingerprint density at radius 1 is 1.23 bits per heavy atom. The monoisotopic (exact) mass is 434 g/mol.